The molecule has 0 spiro atoms. The number of hydrogen-bond donors (Lipinski definition) is 0. The van der Waals surface area contributed by atoms with E-state index in [1.807, 2.05) is 0 Å². The zero-order valence-electron chi connectivity index (χ0n) is 4.74. The average Bonchev–Trinajstić information content (AvgIpc) is 1.59. The van der Waals surface area contributed by atoms with Crippen LogP contribution in [0.3, 0.4) is 0 Å². The van der Waals surface area contributed by atoms with E-state index in [0.29, 0.717) is 0 Å². The molecule has 0 saturated heterocycles. The van der Waals surface area contributed by atoms with Gasteiger partial charge in [-0.25, -0.2) is 4.79 Å². The largest absolute Gasteiger partial charge is 0.454 e. The molecule has 0 bridgehead atoms. The highest BCUT2D eigenvalue weighted by atomic mass is 35.6. The molecule has 0 N–H and O–H groups in total. The molecule has 2 nitrogen and oxygen atoms in total. The Labute approximate surface area is 78.3 Å². The molecule has 0 amide bonds. The zero-order valence-corrected chi connectivity index (χ0v) is 7.77. The first-order valence-corrected chi connectivity index (χ1v) is 3.82. The fourth-order valence-electron chi connectivity index (χ4n) is 0.247. The molecule has 0 aliphatic heterocycles. The Morgan fingerprint density at radius 2 is 1.90 bits per heavy atom. The standard InChI is InChI=1S/C4H4Cl4O2/c5-3(9)10-2-1-4(6,7)8/h1-2H2. The van der Waals surface area contributed by atoms with Crippen molar-refractivity contribution in [3.63, 3.8) is 0 Å². The summed E-state index contributed by atoms with van der Waals surface area (Å²) in [6.07, 6.45) is 0.135. The maximum Gasteiger partial charge on any atom is 0.403 e. The van der Waals surface area contributed by atoms with E-state index in [2.05, 4.69) is 4.74 Å². The monoisotopic (exact) mass is 224 g/mol. The van der Waals surface area contributed by atoms with Gasteiger partial charge in [-0.05, 0) is 0 Å². The Kier molecular flexibility index (Phi) is 4.78. The first-order valence-electron chi connectivity index (χ1n) is 2.31. The van der Waals surface area contributed by atoms with Gasteiger partial charge in [-0.3, -0.25) is 0 Å². The van der Waals surface area contributed by atoms with Crippen molar-refractivity contribution in [3.05, 3.63) is 0 Å². The number of halogens is 4. The van der Waals surface area contributed by atoms with Crippen LogP contribution in [0.4, 0.5) is 4.79 Å². The highest BCUT2D eigenvalue weighted by Gasteiger charge is 2.19. The minimum atomic E-state index is -1.38. The van der Waals surface area contributed by atoms with Crippen LogP contribution in [-0.4, -0.2) is 15.8 Å². The topological polar surface area (TPSA) is 26.3 Å². The lowest BCUT2D eigenvalue weighted by Crippen LogP contribution is -2.08. The van der Waals surface area contributed by atoms with Gasteiger partial charge in [-0.2, -0.15) is 0 Å². The lowest BCUT2D eigenvalue weighted by Gasteiger charge is -2.08. The number of carbonyl (C=O) groups excluding carboxylic acids is 1. The van der Waals surface area contributed by atoms with Crippen LogP contribution >= 0.6 is 46.4 Å². The Morgan fingerprint density at radius 3 is 2.20 bits per heavy atom. The molecule has 0 heterocycles. The normalized spacial score (nSPS) is 11.2. The van der Waals surface area contributed by atoms with Gasteiger partial charge in [0.1, 0.15) is 0 Å². The van der Waals surface area contributed by atoms with Gasteiger partial charge in [0, 0.05) is 18.0 Å². The molecule has 0 aromatic rings. The van der Waals surface area contributed by atoms with E-state index in [-0.39, 0.29) is 13.0 Å². The molecule has 0 aromatic heterocycles. The Hall–Kier alpha value is 0.630. The van der Waals surface area contributed by atoms with Crippen molar-refractivity contribution in [2.75, 3.05) is 6.61 Å². The van der Waals surface area contributed by atoms with Gasteiger partial charge in [0.05, 0.1) is 6.61 Å². The van der Waals surface area contributed by atoms with Crippen molar-refractivity contribution in [1.82, 2.24) is 0 Å². The highest BCUT2D eigenvalue weighted by molar-refractivity contribution is 6.67. The molecule has 10 heavy (non-hydrogen) atoms. The average molecular weight is 226 g/mol. The molecule has 6 heteroatoms. The third kappa shape index (κ3) is 8.63. The number of alkyl halides is 3. The second-order valence-corrected chi connectivity index (χ2v) is 4.28. The summed E-state index contributed by atoms with van der Waals surface area (Å²) in [6, 6.07) is 0. The second kappa shape index (κ2) is 4.50. The Morgan fingerprint density at radius 1 is 1.40 bits per heavy atom. The molecule has 0 atom stereocenters. The molecular weight excluding hydrogens is 222 g/mol. The van der Waals surface area contributed by atoms with Crippen LogP contribution in [-0.2, 0) is 4.74 Å². The van der Waals surface area contributed by atoms with E-state index in [1.165, 1.54) is 0 Å². The fourth-order valence-corrected chi connectivity index (χ4v) is 0.556. The highest BCUT2D eigenvalue weighted by Crippen LogP contribution is 2.29. The predicted octanol–water partition coefficient (Wildman–Crippen LogP) is 3.12. The number of ether oxygens (including phenoxy) is 1. The van der Waals surface area contributed by atoms with Gasteiger partial charge in [0.15, 0.2) is 3.79 Å². The summed E-state index contributed by atoms with van der Waals surface area (Å²) < 4.78 is 2.91. The van der Waals surface area contributed by atoms with E-state index in [4.69, 9.17) is 46.4 Å². The zero-order chi connectivity index (χ0) is 8.20. The Bertz CT molecular complexity index is 119. The second-order valence-electron chi connectivity index (χ2n) is 1.45. The van der Waals surface area contributed by atoms with Crippen LogP contribution < -0.4 is 0 Å². The van der Waals surface area contributed by atoms with Gasteiger partial charge in [-0.15, -0.1) is 0 Å². The first-order chi connectivity index (χ1) is 4.42. The van der Waals surface area contributed by atoms with Gasteiger partial charge < -0.3 is 4.74 Å². The minimum absolute atomic E-state index is 0.0127. The smallest absolute Gasteiger partial charge is 0.403 e. The van der Waals surface area contributed by atoms with Crippen LogP contribution in [0.5, 0.6) is 0 Å². The molecular formula is C4H4Cl4O2. The van der Waals surface area contributed by atoms with Crippen LogP contribution in [0.15, 0.2) is 0 Å². The number of carbonyl (C=O) groups is 1. The SMILES string of the molecule is O=C(Cl)OCCC(Cl)(Cl)Cl. The van der Waals surface area contributed by atoms with Crippen LogP contribution in [0.25, 0.3) is 0 Å². The van der Waals surface area contributed by atoms with Crippen LogP contribution in [0.1, 0.15) is 6.42 Å². The molecule has 0 fully saturated rings. The van der Waals surface area contributed by atoms with Crippen molar-refractivity contribution < 1.29 is 9.53 Å². The number of rotatable bonds is 2. The lowest BCUT2D eigenvalue weighted by atomic mass is 10.5. The lowest BCUT2D eigenvalue weighted by molar-refractivity contribution is 0.172. The van der Waals surface area contributed by atoms with Gasteiger partial charge in [0.2, 0.25) is 0 Å². The van der Waals surface area contributed by atoms with E-state index >= 15 is 0 Å². The molecule has 0 aliphatic rings. The summed E-state index contributed by atoms with van der Waals surface area (Å²) in [5, 5.41) is 0. The van der Waals surface area contributed by atoms with Crippen molar-refractivity contribution in [3.8, 4) is 0 Å². The van der Waals surface area contributed by atoms with E-state index in [0.717, 1.165) is 0 Å². The quantitative estimate of drug-likeness (QED) is 0.533. The molecule has 0 unspecified atom stereocenters. The van der Waals surface area contributed by atoms with E-state index < -0.39 is 9.22 Å². The summed E-state index contributed by atoms with van der Waals surface area (Å²) in [6.45, 7) is 0.0127. The molecule has 0 aromatic carbocycles. The van der Waals surface area contributed by atoms with Crippen LogP contribution in [0.2, 0.25) is 0 Å². The first kappa shape index (κ1) is 10.6. The molecule has 0 saturated carbocycles. The van der Waals surface area contributed by atoms with Gasteiger partial charge >= 0.3 is 5.43 Å². The Balaban J connectivity index is 3.29. The summed E-state index contributed by atoms with van der Waals surface area (Å²) in [4.78, 5) is 9.94. The van der Waals surface area contributed by atoms with E-state index in [1.54, 1.807) is 0 Å². The minimum Gasteiger partial charge on any atom is -0.454 e. The summed E-state index contributed by atoms with van der Waals surface area (Å²) in [5.74, 6) is 0. The maximum atomic E-state index is 9.94. The van der Waals surface area contributed by atoms with Crippen molar-refractivity contribution >= 4 is 51.8 Å². The predicted molar refractivity (Wildman–Crippen MR) is 42.1 cm³/mol. The maximum absolute atomic E-state index is 9.94. The number of hydrogen-bond acceptors (Lipinski definition) is 2. The summed E-state index contributed by atoms with van der Waals surface area (Å²) in [7, 11) is 0. The summed E-state index contributed by atoms with van der Waals surface area (Å²) >= 11 is 20.8. The third-order valence-electron chi connectivity index (χ3n) is 0.601. The van der Waals surface area contributed by atoms with Crippen molar-refractivity contribution in [2.24, 2.45) is 0 Å². The molecule has 0 radical (unpaired) electrons. The van der Waals surface area contributed by atoms with Crippen LogP contribution in [0, 0.1) is 0 Å². The van der Waals surface area contributed by atoms with Crippen molar-refractivity contribution in [1.29, 1.82) is 0 Å². The van der Waals surface area contributed by atoms with Crippen molar-refractivity contribution in [2.45, 2.75) is 10.2 Å². The van der Waals surface area contributed by atoms with Gasteiger partial charge in [0.25, 0.3) is 0 Å². The van der Waals surface area contributed by atoms with Gasteiger partial charge in [-0.1, -0.05) is 34.8 Å². The molecule has 60 valence electrons. The molecule has 0 aliphatic carbocycles. The molecule has 0 rings (SSSR count). The van der Waals surface area contributed by atoms with E-state index in [9.17, 15) is 4.79 Å². The summed E-state index contributed by atoms with van der Waals surface area (Å²) in [5.41, 5.74) is -0.894. The third-order valence-corrected chi connectivity index (χ3v) is 1.28. The fraction of sp³-hybridized carbons (Fsp3) is 0.750.